The summed E-state index contributed by atoms with van der Waals surface area (Å²) in [5.74, 6) is -0.239. The van der Waals surface area contributed by atoms with Crippen molar-refractivity contribution >= 4 is 33.4 Å². The van der Waals surface area contributed by atoms with Gasteiger partial charge >= 0.3 is 0 Å². The van der Waals surface area contributed by atoms with Gasteiger partial charge in [-0.05, 0) is 43.3 Å². The average molecular weight is 450 g/mol. The van der Waals surface area contributed by atoms with Crippen LogP contribution >= 0.6 is 11.8 Å². The summed E-state index contributed by atoms with van der Waals surface area (Å²) in [4.78, 5) is 12.3. The molecule has 2 N–H and O–H groups in total. The predicted octanol–water partition coefficient (Wildman–Crippen LogP) is 2.49. The maximum atomic E-state index is 13.0. The summed E-state index contributed by atoms with van der Waals surface area (Å²) in [5, 5.41) is 11.3. The van der Waals surface area contributed by atoms with E-state index in [1.807, 2.05) is 31.2 Å². The molecule has 0 fully saturated rings. The highest BCUT2D eigenvalue weighted by molar-refractivity contribution is 7.99. The number of rotatable bonds is 8. The molecule has 8 nitrogen and oxygen atoms in total. The monoisotopic (exact) mass is 449 g/mol. The molecule has 2 aromatic carbocycles. The molecule has 11 heteroatoms. The number of amides is 1. The first-order chi connectivity index (χ1) is 14.2. The minimum Gasteiger partial charge on any atom is -0.325 e. The van der Waals surface area contributed by atoms with Crippen molar-refractivity contribution in [3.8, 4) is 5.69 Å². The lowest BCUT2D eigenvalue weighted by atomic mass is 10.2. The van der Waals surface area contributed by atoms with Gasteiger partial charge in [-0.3, -0.25) is 9.36 Å². The van der Waals surface area contributed by atoms with Crippen LogP contribution in [0, 0.1) is 12.7 Å². The first-order valence-electron chi connectivity index (χ1n) is 8.85. The molecular weight excluding hydrogens is 429 g/mol. The minimum absolute atomic E-state index is 0.0396. The van der Waals surface area contributed by atoms with E-state index >= 15 is 0 Å². The van der Waals surface area contributed by atoms with Crippen molar-refractivity contribution in [2.75, 3.05) is 17.3 Å². The molecule has 30 heavy (non-hydrogen) atoms. The SMILES string of the molecule is Cc1ccc(-n2c(CNS(C)(=O)=O)nnc2SCC(=O)Nc2ccc(F)cc2)cc1. The molecular formula is C19H20FN5O3S2. The number of aryl methyl sites for hydroxylation is 1. The van der Waals surface area contributed by atoms with Gasteiger partial charge in [0.1, 0.15) is 5.82 Å². The summed E-state index contributed by atoms with van der Waals surface area (Å²) in [7, 11) is -3.41. The molecule has 0 saturated carbocycles. The van der Waals surface area contributed by atoms with Crippen LogP contribution in [0.5, 0.6) is 0 Å². The number of thioether (sulfide) groups is 1. The topological polar surface area (TPSA) is 106 Å². The third kappa shape index (κ3) is 6.12. The fraction of sp³-hybridized carbons (Fsp3) is 0.211. The molecule has 0 aliphatic rings. The first kappa shape index (κ1) is 21.9. The van der Waals surface area contributed by atoms with Crippen LogP contribution in [0.15, 0.2) is 53.7 Å². The minimum atomic E-state index is -3.41. The molecule has 0 unspecified atom stereocenters. The number of benzene rings is 2. The molecule has 0 bridgehead atoms. The summed E-state index contributed by atoms with van der Waals surface area (Å²) in [6.45, 7) is 1.92. The van der Waals surface area contributed by atoms with Crippen LogP contribution < -0.4 is 10.0 Å². The highest BCUT2D eigenvalue weighted by Gasteiger charge is 2.17. The zero-order valence-electron chi connectivity index (χ0n) is 16.3. The van der Waals surface area contributed by atoms with Crippen molar-refractivity contribution in [2.24, 2.45) is 0 Å². The van der Waals surface area contributed by atoms with Gasteiger partial charge in [0.2, 0.25) is 15.9 Å². The van der Waals surface area contributed by atoms with E-state index in [1.54, 1.807) is 4.57 Å². The summed E-state index contributed by atoms with van der Waals surface area (Å²) in [6.07, 6.45) is 1.06. The van der Waals surface area contributed by atoms with Gasteiger partial charge in [-0.2, -0.15) is 0 Å². The highest BCUT2D eigenvalue weighted by atomic mass is 32.2. The number of carbonyl (C=O) groups is 1. The summed E-state index contributed by atoms with van der Waals surface area (Å²) in [5.41, 5.74) is 2.30. The number of nitrogens with one attached hydrogen (secondary N) is 2. The second-order valence-corrected chi connectivity index (χ2v) is 9.28. The number of hydrogen-bond acceptors (Lipinski definition) is 6. The van der Waals surface area contributed by atoms with Gasteiger partial charge in [-0.1, -0.05) is 29.5 Å². The number of halogens is 1. The predicted molar refractivity (Wildman–Crippen MR) is 114 cm³/mol. The lowest BCUT2D eigenvalue weighted by Crippen LogP contribution is -2.23. The van der Waals surface area contributed by atoms with Gasteiger partial charge in [0.15, 0.2) is 11.0 Å². The Morgan fingerprint density at radius 2 is 1.77 bits per heavy atom. The van der Waals surface area contributed by atoms with Gasteiger partial charge in [0.05, 0.1) is 18.6 Å². The van der Waals surface area contributed by atoms with Crippen LogP contribution in [0.3, 0.4) is 0 Å². The van der Waals surface area contributed by atoms with Crippen molar-refractivity contribution in [3.05, 3.63) is 65.7 Å². The van der Waals surface area contributed by atoms with Gasteiger partial charge in [0.25, 0.3) is 0 Å². The highest BCUT2D eigenvalue weighted by Crippen LogP contribution is 2.23. The van der Waals surface area contributed by atoms with Gasteiger partial charge in [-0.15, -0.1) is 10.2 Å². The summed E-state index contributed by atoms with van der Waals surface area (Å²) < 4.78 is 40.0. The van der Waals surface area contributed by atoms with E-state index in [2.05, 4.69) is 20.2 Å². The van der Waals surface area contributed by atoms with Crippen molar-refractivity contribution in [2.45, 2.75) is 18.6 Å². The lowest BCUT2D eigenvalue weighted by Gasteiger charge is -2.11. The van der Waals surface area contributed by atoms with E-state index in [1.165, 1.54) is 24.3 Å². The van der Waals surface area contributed by atoms with Crippen molar-refractivity contribution in [3.63, 3.8) is 0 Å². The van der Waals surface area contributed by atoms with Crippen LogP contribution in [0.25, 0.3) is 5.69 Å². The molecule has 0 spiro atoms. The fourth-order valence-electron chi connectivity index (χ4n) is 2.52. The van der Waals surface area contributed by atoms with Crippen molar-refractivity contribution in [1.29, 1.82) is 0 Å². The Morgan fingerprint density at radius 3 is 2.40 bits per heavy atom. The third-order valence-electron chi connectivity index (χ3n) is 3.95. The number of hydrogen-bond donors (Lipinski definition) is 2. The maximum absolute atomic E-state index is 13.0. The second-order valence-electron chi connectivity index (χ2n) is 6.51. The molecule has 1 amide bonds. The molecule has 1 heterocycles. The largest absolute Gasteiger partial charge is 0.325 e. The van der Waals surface area contributed by atoms with Gasteiger partial charge < -0.3 is 5.32 Å². The van der Waals surface area contributed by atoms with Crippen LogP contribution in [-0.2, 0) is 21.4 Å². The van der Waals surface area contributed by atoms with E-state index in [-0.39, 0.29) is 24.0 Å². The van der Waals surface area contributed by atoms with Crippen LogP contribution in [-0.4, -0.2) is 41.1 Å². The number of sulfonamides is 1. The fourth-order valence-corrected chi connectivity index (χ4v) is 3.68. The Bertz CT molecular complexity index is 1130. The number of anilines is 1. The molecule has 3 rings (SSSR count). The molecule has 0 saturated heterocycles. The molecule has 3 aromatic rings. The third-order valence-corrected chi connectivity index (χ3v) is 5.54. The van der Waals surface area contributed by atoms with E-state index in [0.29, 0.717) is 16.7 Å². The van der Waals surface area contributed by atoms with E-state index in [9.17, 15) is 17.6 Å². The molecule has 1 aromatic heterocycles. The quantitative estimate of drug-likeness (QED) is 0.512. The Hall–Kier alpha value is -2.76. The summed E-state index contributed by atoms with van der Waals surface area (Å²) in [6, 6.07) is 13.0. The van der Waals surface area contributed by atoms with Gasteiger partial charge in [-0.25, -0.2) is 17.5 Å². The Labute approximate surface area is 178 Å². The normalized spacial score (nSPS) is 11.4. The van der Waals surface area contributed by atoms with Crippen molar-refractivity contribution < 1.29 is 17.6 Å². The molecule has 0 aliphatic heterocycles. The standard InChI is InChI=1S/C19H20FN5O3S2/c1-13-3-9-16(10-4-13)25-17(11-21-30(2,27)28)23-24-19(25)29-12-18(26)22-15-7-5-14(20)6-8-15/h3-10,21H,11-12H2,1-2H3,(H,22,26). The lowest BCUT2D eigenvalue weighted by molar-refractivity contribution is -0.113. The Balaban J connectivity index is 1.77. The Morgan fingerprint density at radius 1 is 1.10 bits per heavy atom. The van der Waals surface area contributed by atoms with E-state index in [4.69, 9.17) is 0 Å². The van der Waals surface area contributed by atoms with Crippen LogP contribution in [0.4, 0.5) is 10.1 Å². The van der Waals surface area contributed by atoms with E-state index in [0.717, 1.165) is 29.3 Å². The molecule has 158 valence electrons. The first-order valence-corrected chi connectivity index (χ1v) is 11.7. The van der Waals surface area contributed by atoms with E-state index < -0.39 is 10.0 Å². The zero-order chi connectivity index (χ0) is 21.7. The molecule has 0 radical (unpaired) electrons. The van der Waals surface area contributed by atoms with Gasteiger partial charge in [0, 0.05) is 11.4 Å². The number of aromatic nitrogens is 3. The average Bonchev–Trinajstić information content (AvgIpc) is 3.10. The smallest absolute Gasteiger partial charge is 0.234 e. The molecule has 0 aliphatic carbocycles. The van der Waals surface area contributed by atoms with Crippen molar-refractivity contribution in [1.82, 2.24) is 19.5 Å². The zero-order valence-corrected chi connectivity index (χ0v) is 17.9. The molecule has 0 atom stereocenters. The number of carbonyl (C=O) groups excluding carboxylic acids is 1. The summed E-state index contributed by atoms with van der Waals surface area (Å²) >= 11 is 1.16. The second kappa shape index (κ2) is 9.37. The maximum Gasteiger partial charge on any atom is 0.234 e. The van der Waals surface area contributed by atoms with Crippen LogP contribution in [0.2, 0.25) is 0 Å². The Kier molecular flexibility index (Phi) is 6.85. The number of nitrogens with zero attached hydrogens (tertiary/aromatic N) is 3. The van der Waals surface area contributed by atoms with Crippen LogP contribution in [0.1, 0.15) is 11.4 Å².